The Hall–Kier alpha value is -2.25. The zero-order valence-electron chi connectivity index (χ0n) is 11.2. The number of nitrogens with zero attached hydrogens (tertiary/aromatic N) is 1. The molecule has 0 N–H and O–H groups in total. The number of benzene rings is 1. The number of ketones is 1. The summed E-state index contributed by atoms with van der Waals surface area (Å²) in [4.78, 5) is 13.4. The van der Waals surface area contributed by atoms with E-state index in [1.54, 1.807) is 19.0 Å². The van der Waals surface area contributed by atoms with Gasteiger partial charge in [-0.25, -0.2) is 0 Å². The number of halogens is 4. The molecule has 0 fully saturated rings. The molecule has 116 valence electrons. The lowest BCUT2D eigenvalue weighted by molar-refractivity contribution is -0.0544. The topological polar surface area (TPSA) is 38.8 Å². The average molecular weight is 307 g/mol. The van der Waals surface area contributed by atoms with Gasteiger partial charge in [-0.1, -0.05) is 0 Å². The largest absolute Gasteiger partial charge is 0.435 e. The molecule has 1 aromatic rings. The van der Waals surface area contributed by atoms with Crippen molar-refractivity contribution in [1.82, 2.24) is 4.90 Å². The van der Waals surface area contributed by atoms with Crippen LogP contribution in [0.3, 0.4) is 0 Å². The SMILES string of the molecule is CN(C)C=CC(=O)c1ccc(OC(F)F)cc1OC(F)F. The third kappa shape index (κ3) is 5.72. The molecular formula is C13H13F4NO3. The van der Waals surface area contributed by atoms with Crippen LogP contribution in [0.4, 0.5) is 17.6 Å². The van der Waals surface area contributed by atoms with Crippen molar-refractivity contribution in [1.29, 1.82) is 0 Å². The summed E-state index contributed by atoms with van der Waals surface area (Å²) >= 11 is 0. The number of carbonyl (C=O) groups is 1. The summed E-state index contributed by atoms with van der Waals surface area (Å²) in [6, 6.07) is 2.97. The molecule has 0 unspecified atom stereocenters. The maximum absolute atomic E-state index is 12.3. The maximum Gasteiger partial charge on any atom is 0.387 e. The number of allylic oxidation sites excluding steroid dienone is 1. The first-order valence-corrected chi connectivity index (χ1v) is 5.72. The van der Waals surface area contributed by atoms with Gasteiger partial charge in [0.2, 0.25) is 0 Å². The van der Waals surface area contributed by atoms with E-state index in [1.165, 1.54) is 6.20 Å². The minimum absolute atomic E-state index is 0.185. The van der Waals surface area contributed by atoms with Crippen LogP contribution in [-0.2, 0) is 0 Å². The van der Waals surface area contributed by atoms with Gasteiger partial charge < -0.3 is 14.4 Å². The molecule has 4 nitrogen and oxygen atoms in total. The molecule has 1 aromatic carbocycles. The first kappa shape index (κ1) is 16.8. The zero-order valence-corrected chi connectivity index (χ0v) is 11.2. The number of hydrogen-bond acceptors (Lipinski definition) is 4. The van der Waals surface area contributed by atoms with Crippen molar-refractivity contribution in [2.24, 2.45) is 0 Å². The predicted molar refractivity (Wildman–Crippen MR) is 66.9 cm³/mol. The monoisotopic (exact) mass is 307 g/mol. The lowest BCUT2D eigenvalue weighted by atomic mass is 10.1. The Morgan fingerprint density at radius 1 is 1.14 bits per heavy atom. The number of ether oxygens (including phenoxy) is 2. The summed E-state index contributed by atoms with van der Waals surface area (Å²) in [7, 11) is 3.33. The van der Waals surface area contributed by atoms with Gasteiger partial charge in [0, 0.05) is 32.4 Å². The Morgan fingerprint density at radius 3 is 2.29 bits per heavy atom. The predicted octanol–water partition coefficient (Wildman–Crippen LogP) is 3.15. The molecule has 0 atom stereocenters. The minimum Gasteiger partial charge on any atom is -0.435 e. The van der Waals surface area contributed by atoms with Gasteiger partial charge in [0.1, 0.15) is 11.5 Å². The van der Waals surface area contributed by atoms with Crippen LogP contribution in [0.15, 0.2) is 30.5 Å². The summed E-state index contributed by atoms with van der Waals surface area (Å²) < 4.78 is 57.1. The standard InChI is InChI=1S/C13H13F4NO3/c1-18(2)6-5-10(19)9-4-3-8(20-12(14)15)7-11(9)21-13(16)17/h3-7,12-13H,1-2H3. The second-order valence-electron chi connectivity index (χ2n) is 4.06. The van der Waals surface area contributed by atoms with Gasteiger partial charge in [0.15, 0.2) is 5.78 Å². The lowest BCUT2D eigenvalue weighted by Crippen LogP contribution is -2.09. The van der Waals surface area contributed by atoms with Gasteiger partial charge in [-0.3, -0.25) is 4.79 Å². The fourth-order valence-corrected chi connectivity index (χ4v) is 1.38. The van der Waals surface area contributed by atoms with E-state index < -0.39 is 24.8 Å². The highest BCUT2D eigenvalue weighted by Crippen LogP contribution is 2.28. The fraction of sp³-hybridized carbons (Fsp3) is 0.308. The Balaban J connectivity index is 3.09. The van der Waals surface area contributed by atoms with Crippen molar-refractivity contribution < 1.29 is 31.8 Å². The van der Waals surface area contributed by atoms with Crippen molar-refractivity contribution in [2.75, 3.05) is 14.1 Å². The number of carbonyl (C=O) groups excluding carboxylic acids is 1. The van der Waals surface area contributed by atoms with Crippen molar-refractivity contribution in [3.05, 3.63) is 36.0 Å². The molecule has 21 heavy (non-hydrogen) atoms. The van der Waals surface area contributed by atoms with Crippen LogP contribution in [0.25, 0.3) is 0 Å². The molecule has 0 amide bonds. The van der Waals surface area contributed by atoms with Crippen molar-refractivity contribution >= 4 is 5.78 Å². The highest BCUT2D eigenvalue weighted by Gasteiger charge is 2.16. The molecule has 0 saturated heterocycles. The molecule has 0 spiro atoms. The van der Waals surface area contributed by atoms with E-state index >= 15 is 0 Å². The lowest BCUT2D eigenvalue weighted by Gasteiger charge is -2.11. The van der Waals surface area contributed by atoms with Crippen LogP contribution >= 0.6 is 0 Å². The number of hydrogen-bond donors (Lipinski definition) is 0. The van der Waals surface area contributed by atoms with Gasteiger partial charge in [-0.05, 0) is 12.1 Å². The van der Waals surface area contributed by atoms with Gasteiger partial charge in [0.25, 0.3) is 0 Å². The van der Waals surface area contributed by atoms with Crippen molar-refractivity contribution in [2.45, 2.75) is 13.2 Å². The molecule has 8 heteroatoms. The molecule has 0 aliphatic heterocycles. The highest BCUT2D eigenvalue weighted by atomic mass is 19.3. The summed E-state index contributed by atoms with van der Waals surface area (Å²) in [6.45, 7) is -6.31. The van der Waals surface area contributed by atoms with Gasteiger partial charge in [0.05, 0.1) is 5.56 Å². The van der Waals surface area contributed by atoms with Crippen LogP contribution in [0.2, 0.25) is 0 Å². The fourth-order valence-electron chi connectivity index (χ4n) is 1.38. The minimum atomic E-state index is -3.20. The maximum atomic E-state index is 12.3. The molecule has 0 heterocycles. The second kappa shape index (κ2) is 7.51. The van der Waals surface area contributed by atoms with E-state index in [0.717, 1.165) is 24.3 Å². The number of rotatable bonds is 7. The van der Waals surface area contributed by atoms with E-state index in [0.29, 0.717) is 0 Å². The van der Waals surface area contributed by atoms with Crippen LogP contribution in [0.5, 0.6) is 11.5 Å². The van der Waals surface area contributed by atoms with Crippen LogP contribution in [-0.4, -0.2) is 38.0 Å². The Morgan fingerprint density at radius 2 is 1.76 bits per heavy atom. The molecule has 0 bridgehead atoms. The molecule has 0 aliphatic carbocycles. The average Bonchev–Trinajstić information content (AvgIpc) is 2.34. The molecular weight excluding hydrogens is 294 g/mol. The third-order valence-electron chi connectivity index (χ3n) is 2.18. The molecule has 0 aliphatic rings. The quantitative estimate of drug-likeness (QED) is 0.441. The Kier molecular flexibility index (Phi) is 6.01. The first-order valence-electron chi connectivity index (χ1n) is 5.72. The Bertz CT molecular complexity index is 518. The summed E-state index contributed by atoms with van der Waals surface area (Å²) in [6.07, 6.45) is 2.55. The normalized spacial score (nSPS) is 11.2. The smallest absolute Gasteiger partial charge is 0.387 e. The first-order chi connectivity index (χ1) is 9.79. The molecule has 0 radical (unpaired) electrons. The Labute approximate surface area is 118 Å². The summed E-state index contributed by atoms with van der Waals surface area (Å²) in [5.41, 5.74) is -0.185. The van der Waals surface area contributed by atoms with Crippen LogP contribution in [0, 0.1) is 0 Å². The van der Waals surface area contributed by atoms with Crippen molar-refractivity contribution in [3.63, 3.8) is 0 Å². The summed E-state index contributed by atoms with van der Waals surface area (Å²) in [5, 5.41) is 0. The summed E-state index contributed by atoms with van der Waals surface area (Å²) in [5.74, 6) is -1.52. The van der Waals surface area contributed by atoms with Gasteiger partial charge in [-0.15, -0.1) is 0 Å². The van der Waals surface area contributed by atoms with E-state index in [4.69, 9.17) is 0 Å². The van der Waals surface area contributed by atoms with Gasteiger partial charge >= 0.3 is 13.2 Å². The zero-order chi connectivity index (χ0) is 16.0. The molecule has 1 rings (SSSR count). The molecule has 0 aromatic heterocycles. The van der Waals surface area contributed by atoms with Crippen molar-refractivity contribution in [3.8, 4) is 11.5 Å². The molecule has 0 saturated carbocycles. The van der Waals surface area contributed by atoms with Crippen LogP contribution < -0.4 is 9.47 Å². The highest BCUT2D eigenvalue weighted by molar-refractivity contribution is 6.06. The third-order valence-corrected chi connectivity index (χ3v) is 2.18. The van der Waals surface area contributed by atoms with E-state index in [9.17, 15) is 22.4 Å². The number of alkyl halides is 4. The van der Waals surface area contributed by atoms with E-state index in [2.05, 4.69) is 9.47 Å². The second-order valence-corrected chi connectivity index (χ2v) is 4.06. The van der Waals surface area contributed by atoms with Gasteiger partial charge in [-0.2, -0.15) is 17.6 Å². The van der Waals surface area contributed by atoms with E-state index in [1.807, 2.05) is 0 Å². The van der Waals surface area contributed by atoms with E-state index in [-0.39, 0.29) is 11.3 Å². The van der Waals surface area contributed by atoms with Crippen LogP contribution in [0.1, 0.15) is 10.4 Å².